The lowest BCUT2D eigenvalue weighted by Gasteiger charge is -2.19. The van der Waals surface area contributed by atoms with Gasteiger partial charge in [0.15, 0.2) is 5.65 Å². The molecular formula is C13H18N4O. The first-order chi connectivity index (χ1) is 8.81. The molecule has 1 unspecified atom stereocenters. The number of aliphatic hydroxyl groups excluding tert-OH is 1. The van der Waals surface area contributed by atoms with Crippen LogP contribution in [0, 0.1) is 0 Å². The minimum absolute atomic E-state index is 0.117. The van der Waals surface area contributed by atoms with Crippen molar-refractivity contribution in [3.05, 3.63) is 24.2 Å². The molecule has 96 valence electrons. The molecule has 3 heterocycles. The Hall–Kier alpha value is -1.46. The zero-order chi connectivity index (χ0) is 12.5. The Kier molecular flexibility index (Phi) is 3.01. The Morgan fingerprint density at radius 3 is 3.11 bits per heavy atom. The summed E-state index contributed by atoms with van der Waals surface area (Å²) in [6.07, 6.45) is 4.11. The van der Waals surface area contributed by atoms with E-state index in [1.165, 1.54) is 6.42 Å². The molecule has 3 rings (SSSR count). The van der Waals surface area contributed by atoms with Gasteiger partial charge in [0, 0.05) is 12.7 Å². The van der Waals surface area contributed by atoms with E-state index in [1.54, 1.807) is 6.20 Å². The molecule has 0 amide bonds. The first-order valence-electron chi connectivity index (χ1n) is 6.43. The lowest BCUT2D eigenvalue weighted by molar-refractivity contribution is 0.261. The van der Waals surface area contributed by atoms with Crippen molar-refractivity contribution in [2.75, 3.05) is 20.2 Å². The molecule has 0 bridgehead atoms. The molecule has 1 aliphatic heterocycles. The van der Waals surface area contributed by atoms with Crippen molar-refractivity contribution in [2.45, 2.75) is 25.4 Å². The number of fused-ring (bicyclic) bond motifs is 1. The minimum atomic E-state index is 0.117. The van der Waals surface area contributed by atoms with Crippen LogP contribution in [0.4, 0.5) is 0 Å². The molecule has 0 aromatic carbocycles. The van der Waals surface area contributed by atoms with Gasteiger partial charge in [0.25, 0.3) is 0 Å². The summed E-state index contributed by atoms with van der Waals surface area (Å²) < 4.78 is 2.06. The molecule has 0 radical (unpaired) electrons. The van der Waals surface area contributed by atoms with Gasteiger partial charge in [-0.15, -0.1) is 0 Å². The number of imidazole rings is 1. The molecule has 1 fully saturated rings. The summed E-state index contributed by atoms with van der Waals surface area (Å²) in [5, 5.41) is 9.24. The highest BCUT2D eigenvalue weighted by molar-refractivity contribution is 5.71. The largest absolute Gasteiger partial charge is 0.395 e. The van der Waals surface area contributed by atoms with Gasteiger partial charge in [0.2, 0.25) is 0 Å². The van der Waals surface area contributed by atoms with E-state index >= 15 is 0 Å². The van der Waals surface area contributed by atoms with Gasteiger partial charge in [-0.3, -0.25) is 4.90 Å². The molecule has 1 saturated heterocycles. The number of likely N-dealkylation sites (tertiary alicyclic amines) is 1. The van der Waals surface area contributed by atoms with Crippen LogP contribution < -0.4 is 0 Å². The zero-order valence-corrected chi connectivity index (χ0v) is 10.6. The standard InChI is InChI=1S/C13H18N4O/c1-16-7-3-5-11(16)13-15-10-4-2-6-14-12(10)17(13)8-9-18/h2,4,6,11,18H,3,5,7-9H2,1H3. The van der Waals surface area contributed by atoms with Crippen LogP contribution in [0.5, 0.6) is 0 Å². The summed E-state index contributed by atoms with van der Waals surface area (Å²) in [6, 6.07) is 4.24. The third-order valence-corrected chi connectivity index (χ3v) is 3.68. The maximum Gasteiger partial charge on any atom is 0.160 e. The average Bonchev–Trinajstić information content (AvgIpc) is 2.94. The van der Waals surface area contributed by atoms with E-state index in [-0.39, 0.29) is 6.61 Å². The summed E-state index contributed by atoms with van der Waals surface area (Å²) in [7, 11) is 2.13. The van der Waals surface area contributed by atoms with Gasteiger partial charge in [-0.25, -0.2) is 9.97 Å². The van der Waals surface area contributed by atoms with Crippen molar-refractivity contribution in [2.24, 2.45) is 0 Å². The van der Waals surface area contributed by atoms with E-state index < -0.39 is 0 Å². The Morgan fingerprint density at radius 1 is 1.50 bits per heavy atom. The molecular weight excluding hydrogens is 228 g/mol. The summed E-state index contributed by atoms with van der Waals surface area (Å²) >= 11 is 0. The molecule has 0 spiro atoms. The monoisotopic (exact) mass is 246 g/mol. The fourth-order valence-electron chi connectivity index (χ4n) is 2.79. The molecule has 5 nitrogen and oxygen atoms in total. The van der Waals surface area contributed by atoms with Crippen LogP contribution in [-0.2, 0) is 6.54 Å². The second-order valence-electron chi connectivity index (χ2n) is 4.83. The van der Waals surface area contributed by atoms with Crippen LogP contribution in [0.25, 0.3) is 11.2 Å². The van der Waals surface area contributed by atoms with Gasteiger partial charge in [-0.2, -0.15) is 0 Å². The Balaban J connectivity index is 2.12. The second kappa shape index (κ2) is 4.66. The van der Waals surface area contributed by atoms with Gasteiger partial charge < -0.3 is 9.67 Å². The van der Waals surface area contributed by atoms with E-state index in [2.05, 4.69) is 21.5 Å². The van der Waals surface area contributed by atoms with Crippen molar-refractivity contribution in [3.63, 3.8) is 0 Å². The Labute approximate surface area is 106 Å². The van der Waals surface area contributed by atoms with Gasteiger partial charge in [0.05, 0.1) is 12.6 Å². The topological polar surface area (TPSA) is 54.2 Å². The number of nitrogens with zero attached hydrogens (tertiary/aromatic N) is 4. The lowest BCUT2D eigenvalue weighted by atomic mass is 10.2. The van der Waals surface area contributed by atoms with Crippen LogP contribution >= 0.6 is 0 Å². The number of pyridine rings is 1. The lowest BCUT2D eigenvalue weighted by Crippen LogP contribution is -2.22. The van der Waals surface area contributed by atoms with E-state index in [1.807, 2.05) is 12.1 Å². The van der Waals surface area contributed by atoms with E-state index in [4.69, 9.17) is 4.98 Å². The molecule has 2 aromatic heterocycles. The molecule has 1 atom stereocenters. The van der Waals surface area contributed by atoms with Crippen molar-refractivity contribution in [3.8, 4) is 0 Å². The summed E-state index contributed by atoms with van der Waals surface area (Å²) in [5.41, 5.74) is 1.79. The quantitative estimate of drug-likeness (QED) is 0.884. The first-order valence-corrected chi connectivity index (χ1v) is 6.43. The van der Waals surface area contributed by atoms with E-state index in [0.717, 1.165) is 30.0 Å². The third kappa shape index (κ3) is 1.79. The molecule has 1 N–H and O–H groups in total. The van der Waals surface area contributed by atoms with Crippen LogP contribution in [0.1, 0.15) is 24.7 Å². The van der Waals surface area contributed by atoms with Crippen molar-refractivity contribution >= 4 is 11.2 Å². The molecule has 0 aliphatic carbocycles. The minimum Gasteiger partial charge on any atom is -0.395 e. The van der Waals surface area contributed by atoms with Gasteiger partial charge in [0.1, 0.15) is 11.3 Å². The molecule has 1 aliphatic rings. The highest BCUT2D eigenvalue weighted by Gasteiger charge is 2.27. The Morgan fingerprint density at radius 2 is 2.39 bits per heavy atom. The smallest absolute Gasteiger partial charge is 0.160 e. The predicted octanol–water partition coefficient (Wildman–Crippen LogP) is 1.19. The molecule has 0 saturated carbocycles. The summed E-state index contributed by atoms with van der Waals surface area (Å²) in [6.45, 7) is 1.79. The molecule has 18 heavy (non-hydrogen) atoms. The van der Waals surface area contributed by atoms with Crippen molar-refractivity contribution < 1.29 is 5.11 Å². The average molecular weight is 246 g/mol. The van der Waals surface area contributed by atoms with Crippen LogP contribution in [0.3, 0.4) is 0 Å². The Bertz CT molecular complexity index is 551. The maximum atomic E-state index is 9.24. The number of aliphatic hydroxyl groups is 1. The fourth-order valence-corrected chi connectivity index (χ4v) is 2.79. The second-order valence-corrected chi connectivity index (χ2v) is 4.83. The number of rotatable bonds is 3. The number of aromatic nitrogens is 3. The summed E-state index contributed by atoms with van der Waals surface area (Å²) in [4.78, 5) is 11.4. The SMILES string of the molecule is CN1CCCC1c1nc2cccnc2n1CCO. The zero-order valence-electron chi connectivity index (χ0n) is 10.6. The first kappa shape index (κ1) is 11.6. The number of hydrogen-bond donors (Lipinski definition) is 1. The highest BCUT2D eigenvalue weighted by atomic mass is 16.3. The number of hydrogen-bond acceptors (Lipinski definition) is 4. The van der Waals surface area contributed by atoms with Gasteiger partial charge in [-0.05, 0) is 38.6 Å². The van der Waals surface area contributed by atoms with Gasteiger partial charge in [-0.1, -0.05) is 0 Å². The maximum absolute atomic E-state index is 9.24. The van der Waals surface area contributed by atoms with Gasteiger partial charge >= 0.3 is 0 Å². The molecule has 5 heteroatoms. The third-order valence-electron chi connectivity index (χ3n) is 3.68. The van der Waals surface area contributed by atoms with Crippen molar-refractivity contribution in [1.29, 1.82) is 0 Å². The fraction of sp³-hybridized carbons (Fsp3) is 0.538. The predicted molar refractivity (Wildman–Crippen MR) is 69.2 cm³/mol. The van der Waals surface area contributed by atoms with E-state index in [0.29, 0.717) is 12.6 Å². The normalized spacial score (nSPS) is 20.9. The van der Waals surface area contributed by atoms with Crippen molar-refractivity contribution in [1.82, 2.24) is 19.4 Å². The van der Waals surface area contributed by atoms with Crippen LogP contribution in [0.2, 0.25) is 0 Å². The van der Waals surface area contributed by atoms with E-state index in [9.17, 15) is 5.11 Å². The van der Waals surface area contributed by atoms with Crippen LogP contribution in [0.15, 0.2) is 18.3 Å². The summed E-state index contributed by atoms with van der Waals surface area (Å²) in [5.74, 6) is 1.04. The molecule has 2 aromatic rings. The highest BCUT2D eigenvalue weighted by Crippen LogP contribution is 2.31. The van der Waals surface area contributed by atoms with Crippen LogP contribution in [-0.4, -0.2) is 44.7 Å².